The van der Waals surface area contributed by atoms with Gasteiger partial charge in [-0.2, -0.15) is 0 Å². The third kappa shape index (κ3) is 2.25. The van der Waals surface area contributed by atoms with Crippen molar-refractivity contribution in [2.45, 2.75) is 18.9 Å². The van der Waals surface area contributed by atoms with Crippen LogP contribution in [0.3, 0.4) is 0 Å². The minimum atomic E-state index is 0.676. The Morgan fingerprint density at radius 1 is 1.07 bits per heavy atom. The molecule has 2 saturated heterocycles. The third-order valence-corrected chi connectivity index (χ3v) is 3.21. The molecule has 14 heavy (non-hydrogen) atoms. The average Bonchev–Trinajstić information content (AvgIpc) is 2.30. The fourth-order valence-electron chi connectivity index (χ4n) is 2.30. The minimum absolute atomic E-state index is 0.676. The van der Waals surface area contributed by atoms with Crippen LogP contribution in [0.5, 0.6) is 0 Å². The molecule has 2 rings (SSSR count). The highest BCUT2D eigenvalue weighted by Crippen LogP contribution is 2.16. The minimum Gasteiger partial charge on any atom is -0.379 e. The molecule has 2 aliphatic heterocycles. The van der Waals surface area contributed by atoms with E-state index in [0.29, 0.717) is 6.04 Å². The van der Waals surface area contributed by atoms with Crippen LogP contribution in [0.25, 0.3) is 0 Å². The summed E-state index contributed by atoms with van der Waals surface area (Å²) in [5.74, 6) is 0. The summed E-state index contributed by atoms with van der Waals surface area (Å²) in [6, 6.07) is 0.676. The quantitative estimate of drug-likeness (QED) is 0.583. The summed E-state index contributed by atoms with van der Waals surface area (Å²) in [4.78, 5) is 14.9. The van der Waals surface area contributed by atoms with E-state index in [9.17, 15) is 4.79 Å². The molecule has 80 valence electrons. The molecule has 0 aromatic heterocycles. The monoisotopic (exact) mass is 198 g/mol. The van der Waals surface area contributed by atoms with Crippen molar-refractivity contribution in [1.82, 2.24) is 9.80 Å². The van der Waals surface area contributed by atoms with Crippen molar-refractivity contribution in [3.8, 4) is 0 Å². The van der Waals surface area contributed by atoms with Crippen molar-refractivity contribution < 1.29 is 9.53 Å². The van der Waals surface area contributed by atoms with Crippen LogP contribution in [0.4, 0.5) is 0 Å². The molecular formula is C10H18N2O2. The van der Waals surface area contributed by atoms with Crippen molar-refractivity contribution in [3.05, 3.63) is 0 Å². The van der Waals surface area contributed by atoms with Gasteiger partial charge in [-0.15, -0.1) is 0 Å². The number of hydrogen-bond acceptors (Lipinski definition) is 3. The van der Waals surface area contributed by atoms with Crippen LogP contribution >= 0.6 is 0 Å². The molecule has 0 aliphatic carbocycles. The maximum atomic E-state index is 10.5. The number of rotatable bonds is 2. The summed E-state index contributed by atoms with van der Waals surface area (Å²) < 4.78 is 5.32. The molecule has 0 N–H and O–H groups in total. The summed E-state index contributed by atoms with van der Waals surface area (Å²) in [6.45, 7) is 5.70. The number of amides is 1. The van der Waals surface area contributed by atoms with Gasteiger partial charge in [-0.1, -0.05) is 0 Å². The van der Waals surface area contributed by atoms with E-state index in [0.717, 1.165) is 58.6 Å². The van der Waals surface area contributed by atoms with Crippen molar-refractivity contribution in [2.24, 2.45) is 0 Å². The van der Waals surface area contributed by atoms with Crippen LogP contribution in [0.1, 0.15) is 12.8 Å². The molecule has 2 heterocycles. The Labute approximate surface area is 84.8 Å². The van der Waals surface area contributed by atoms with Crippen LogP contribution < -0.4 is 0 Å². The van der Waals surface area contributed by atoms with Crippen LogP contribution in [0.2, 0.25) is 0 Å². The Balaban J connectivity index is 1.78. The molecule has 0 aromatic carbocycles. The first kappa shape index (κ1) is 9.93. The highest BCUT2D eigenvalue weighted by atomic mass is 16.5. The molecule has 0 aromatic rings. The maximum Gasteiger partial charge on any atom is 0.209 e. The molecule has 0 unspecified atom stereocenters. The molecular weight excluding hydrogens is 180 g/mol. The number of nitrogens with zero attached hydrogens (tertiary/aromatic N) is 2. The van der Waals surface area contributed by atoms with E-state index >= 15 is 0 Å². The fourth-order valence-corrected chi connectivity index (χ4v) is 2.30. The van der Waals surface area contributed by atoms with Crippen LogP contribution in [0, 0.1) is 0 Å². The van der Waals surface area contributed by atoms with Gasteiger partial charge in [0, 0.05) is 32.2 Å². The number of piperidine rings is 1. The second-order valence-corrected chi connectivity index (χ2v) is 4.02. The molecule has 2 aliphatic rings. The Bertz CT molecular complexity index is 185. The lowest BCUT2D eigenvalue weighted by molar-refractivity contribution is -0.119. The van der Waals surface area contributed by atoms with Gasteiger partial charge >= 0.3 is 0 Å². The fraction of sp³-hybridized carbons (Fsp3) is 0.900. The number of likely N-dealkylation sites (tertiary alicyclic amines) is 1. The predicted octanol–water partition coefficient (Wildman–Crippen LogP) is -0.0606. The lowest BCUT2D eigenvalue weighted by atomic mass is 10.0. The van der Waals surface area contributed by atoms with Gasteiger partial charge in [-0.25, -0.2) is 0 Å². The van der Waals surface area contributed by atoms with E-state index in [2.05, 4.69) is 4.90 Å². The van der Waals surface area contributed by atoms with Crippen molar-refractivity contribution in [1.29, 1.82) is 0 Å². The summed E-state index contributed by atoms with van der Waals surface area (Å²) >= 11 is 0. The van der Waals surface area contributed by atoms with Crippen LogP contribution in [0.15, 0.2) is 0 Å². The molecule has 0 saturated carbocycles. The molecule has 1 amide bonds. The van der Waals surface area contributed by atoms with Gasteiger partial charge in [0.1, 0.15) is 0 Å². The highest BCUT2D eigenvalue weighted by Gasteiger charge is 2.24. The maximum absolute atomic E-state index is 10.5. The Morgan fingerprint density at radius 3 is 2.29 bits per heavy atom. The topological polar surface area (TPSA) is 32.8 Å². The summed E-state index contributed by atoms with van der Waals surface area (Å²) in [5.41, 5.74) is 0. The Kier molecular flexibility index (Phi) is 3.37. The normalized spacial score (nSPS) is 26.4. The molecule has 0 radical (unpaired) electrons. The van der Waals surface area contributed by atoms with E-state index < -0.39 is 0 Å². The molecule has 0 atom stereocenters. The predicted molar refractivity (Wildman–Crippen MR) is 53.1 cm³/mol. The van der Waals surface area contributed by atoms with Gasteiger partial charge < -0.3 is 9.64 Å². The number of ether oxygens (including phenoxy) is 1. The molecule has 4 nitrogen and oxygen atoms in total. The van der Waals surface area contributed by atoms with E-state index in [4.69, 9.17) is 4.74 Å². The van der Waals surface area contributed by atoms with E-state index in [1.807, 2.05) is 4.90 Å². The number of morpholine rings is 1. The number of carbonyl (C=O) groups is 1. The Morgan fingerprint density at radius 2 is 1.71 bits per heavy atom. The lowest BCUT2D eigenvalue weighted by Crippen LogP contribution is -2.48. The molecule has 2 fully saturated rings. The van der Waals surface area contributed by atoms with Crippen molar-refractivity contribution >= 4 is 6.41 Å². The van der Waals surface area contributed by atoms with Crippen LogP contribution in [-0.4, -0.2) is 61.6 Å². The largest absolute Gasteiger partial charge is 0.379 e. The second kappa shape index (κ2) is 4.75. The van der Waals surface area contributed by atoms with Crippen molar-refractivity contribution in [2.75, 3.05) is 39.4 Å². The number of carbonyl (C=O) groups excluding carboxylic acids is 1. The summed E-state index contributed by atoms with van der Waals surface area (Å²) in [7, 11) is 0. The third-order valence-electron chi connectivity index (χ3n) is 3.21. The SMILES string of the molecule is O=CN1CCC(N2CCOCC2)CC1. The zero-order chi connectivity index (χ0) is 9.80. The van der Waals surface area contributed by atoms with E-state index in [-0.39, 0.29) is 0 Å². The molecule has 4 heteroatoms. The second-order valence-electron chi connectivity index (χ2n) is 4.02. The zero-order valence-electron chi connectivity index (χ0n) is 8.52. The first-order valence-electron chi connectivity index (χ1n) is 5.41. The van der Waals surface area contributed by atoms with Gasteiger partial charge in [0.25, 0.3) is 0 Å². The summed E-state index contributed by atoms with van der Waals surface area (Å²) in [5, 5.41) is 0. The van der Waals surface area contributed by atoms with E-state index in [1.54, 1.807) is 0 Å². The molecule has 0 bridgehead atoms. The van der Waals surface area contributed by atoms with Crippen molar-refractivity contribution in [3.63, 3.8) is 0 Å². The zero-order valence-corrected chi connectivity index (χ0v) is 8.52. The first-order valence-corrected chi connectivity index (χ1v) is 5.41. The number of hydrogen-bond donors (Lipinski definition) is 0. The van der Waals surface area contributed by atoms with Gasteiger partial charge in [0.05, 0.1) is 13.2 Å². The average molecular weight is 198 g/mol. The highest BCUT2D eigenvalue weighted by molar-refractivity contribution is 5.47. The van der Waals surface area contributed by atoms with Gasteiger partial charge in [-0.05, 0) is 12.8 Å². The van der Waals surface area contributed by atoms with E-state index in [1.165, 1.54) is 0 Å². The van der Waals surface area contributed by atoms with Gasteiger partial charge in [-0.3, -0.25) is 9.69 Å². The standard InChI is InChI=1S/C10H18N2O2/c13-9-11-3-1-10(2-4-11)12-5-7-14-8-6-12/h9-10H,1-8H2. The van der Waals surface area contributed by atoms with Gasteiger partial charge in [0.2, 0.25) is 6.41 Å². The first-order chi connectivity index (χ1) is 6.90. The Hall–Kier alpha value is -0.610. The van der Waals surface area contributed by atoms with Gasteiger partial charge in [0.15, 0.2) is 0 Å². The summed E-state index contributed by atoms with van der Waals surface area (Å²) in [6.07, 6.45) is 3.22. The smallest absolute Gasteiger partial charge is 0.209 e. The molecule has 0 spiro atoms. The lowest BCUT2D eigenvalue weighted by Gasteiger charge is -2.39. The van der Waals surface area contributed by atoms with Crippen LogP contribution in [-0.2, 0) is 9.53 Å².